The van der Waals surface area contributed by atoms with Crippen molar-refractivity contribution in [3.05, 3.63) is 75.1 Å². The van der Waals surface area contributed by atoms with E-state index in [0.717, 1.165) is 6.42 Å². The normalized spacial score (nSPS) is 12.5. The van der Waals surface area contributed by atoms with Crippen molar-refractivity contribution in [1.29, 1.82) is 0 Å². The van der Waals surface area contributed by atoms with Gasteiger partial charge in [0.05, 0.1) is 16.1 Å². The Bertz CT molecular complexity index is 1160. The van der Waals surface area contributed by atoms with Crippen LogP contribution in [-0.4, -0.2) is 37.7 Å². The van der Waals surface area contributed by atoms with E-state index in [1.54, 1.807) is 28.9 Å². The monoisotopic (exact) mass is 410 g/mol. The molecule has 3 aromatic rings. The van der Waals surface area contributed by atoms with Gasteiger partial charge >= 0.3 is 5.97 Å². The van der Waals surface area contributed by atoms with Crippen LogP contribution in [0.5, 0.6) is 0 Å². The van der Waals surface area contributed by atoms with Crippen molar-refractivity contribution in [2.75, 3.05) is 0 Å². The molecule has 4 rings (SSSR count). The minimum Gasteiger partial charge on any atom is -0.454 e. The van der Waals surface area contributed by atoms with E-state index in [-0.39, 0.29) is 39.7 Å². The second-order valence-corrected chi connectivity index (χ2v) is 6.83. The van der Waals surface area contributed by atoms with Gasteiger partial charge in [-0.05, 0) is 29.0 Å². The molecule has 1 heterocycles. The second-order valence-electron chi connectivity index (χ2n) is 6.45. The number of nitrogens with zero attached hydrogens (tertiary/aromatic N) is 4. The molecule has 0 fully saturated rings. The summed E-state index contributed by atoms with van der Waals surface area (Å²) in [4.78, 5) is 38.2. The Morgan fingerprint density at radius 2 is 1.79 bits per heavy atom. The van der Waals surface area contributed by atoms with Crippen LogP contribution in [0.25, 0.3) is 0 Å². The largest absolute Gasteiger partial charge is 0.454 e. The fourth-order valence-electron chi connectivity index (χ4n) is 3.22. The van der Waals surface area contributed by atoms with E-state index >= 15 is 0 Å². The highest BCUT2D eigenvalue weighted by molar-refractivity contribution is 6.41. The predicted octanol–water partition coefficient (Wildman–Crippen LogP) is 2.87. The number of aryl methyl sites for hydroxylation is 1. The number of ether oxygens (including phenoxy) is 1. The first-order chi connectivity index (χ1) is 14.0. The van der Waals surface area contributed by atoms with Crippen molar-refractivity contribution in [3.63, 3.8) is 0 Å². The predicted molar refractivity (Wildman–Crippen MR) is 102 cm³/mol. The van der Waals surface area contributed by atoms with E-state index in [9.17, 15) is 14.4 Å². The summed E-state index contributed by atoms with van der Waals surface area (Å²) < 4.78 is 6.82. The summed E-state index contributed by atoms with van der Waals surface area (Å²) in [7, 11) is 0. The van der Waals surface area contributed by atoms with Gasteiger partial charge in [-0.1, -0.05) is 42.8 Å². The Kier molecular flexibility index (Phi) is 4.94. The first kappa shape index (κ1) is 18.9. The maximum absolute atomic E-state index is 12.9. The number of ketones is 2. The summed E-state index contributed by atoms with van der Waals surface area (Å²) >= 11 is 6.37. The highest BCUT2D eigenvalue weighted by Crippen LogP contribution is 2.34. The molecule has 0 amide bonds. The van der Waals surface area contributed by atoms with E-state index in [0.29, 0.717) is 17.9 Å². The number of rotatable bonds is 5. The summed E-state index contributed by atoms with van der Waals surface area (Å²) in [5, 5.41) is 11.1. The van der Waals surface area contributed by atoms with Crippen molar-refractivity contribution in [2.45, 2.75) is 26.5 Å². The SMILES string of the molecule is CCCn1nnnc1COC(=O)c1ccc2c(c1Cl)C(=O)c1ccccc1C2=O. The Labute approximate surface area is 170 Å². The third-order valence-electron chi connectivity index (χ3n) is 4.62. The summed E-state index contributed by atoms with van der Waals surface area (Å²) in [5.41, 5.74) is 0.763. The van der Waals surface area contributed by atoms with E-state index in [4.69, 9.17) is 16.3 Å². The summed E-state index contributed by atoms with van der Waals surface area (Å²) in [5.74, 6) is -1.05. The standard InChI is InChI=1S/C20H15ClN4O4/c1-2-9-25-15(22-23-24-25)10-29-20(28)14-8-7-13-16(17(14)21)19(27)12-6-4-3-5-11(12)18(13)26/h3-8H,2,9-10H2,1H3. The molecule has 0 unspecified atom stereocenters. The van der Waals surface area contributed by atoms with Crippen LogP contribution in [-0.2, 0) is 17.9 Å². The molecule has 0 bridgehead atoms. The second kappa shape index (κ2) is 7.56. The Morgan fingerprint density at radius 1 is 1.07 bits per heavy atom. The molecule has 1 aromatic heterocycles. The van der Waals surface area contributed by atoms with Crippen LogP contribution in [0, 0.1) is 0 Å². The van der Waals surface area contributed by atoms with Crippen molar-refractivity contribution in [2.24, 2.45) is 0 Å². The number of halogens is 1. The molecule has 0 spiro atoms. The third kappa shape index (κ3) is 3.21. The van der Waals surface area contributed by atoms with Gasteiger partial charge in [0.1, 0.15) is 0 Å². The third-order valence-corrected chi connectivity index (χ3v) is 5.02. The van der Waals surface area contributed by atoms with Gasteiger partial charge in [0, 0.05) is 23.2 Å². The molecular formula is C20H15ClN4O4. The number of esters is 1. The number of carbonyl (C=O) groups is 3. The average molecular weight is 411 g/mol. The van der Waals surface area contributed by atoms with Crippen LogP contribution in [0.15, 0.2) is 36.4 Å². The zero-order valence-electron chi connectivity index (χ0n) is 15.4. The number of fused-ring (bicyclic) bond motifs is 2. The zero-order valence-corrected chi connectivity index (χ0v) is 16.1. The topological polar surface area (TPSA) is 104 Å². The van der Waals surface area contributed by atoms with Crippen molar-refractivity contribution >= 4 is 29.1 Å². The van der Waals surface area contributed by atoms with Gasteiger partial charge in [-0.3, -0.25) is 9.59 Å². The van der Waals surface area contributed by atoms with Crippen molar-refractivity contribution in [1.82, 2.24) is 20.2 Å². The molecule has 0 saturated carbocycles. The van der Waals surface area contributed by atoms with Crippen LogP contribution < -0.4 is 0 Å². The molecule has 1 aliphatic carbocycles. The lowest BCUT2D eigenvalue weighted by molar-refractivity contribution is 0.0456. The molecule has 0 N–H and O–H groups in total. The number of hydrogen-bond acceptors (Lipinski definition) is 7. The van der Waals surface area contributed by atoms with Crippen LogP contribution in [0.4, 0.5) is 0 Å². The van der Waals surface area contributed by atoms with Crippen LogP contribution in [0.1, 0.15) is 61.4 Å². The maximum Gasteiger partial charge on any atom is 0.340 e. The van der Waals surface area contributed by atoms with E-state index in [1.165, 1.54) is 12.1 Å². The van der Waals surface area contributed by atoms with Crippen LogP contribution >= 0.6 is 11.6 Å². The van der Waals surface area contributed by atoms with Gasteiger partial charge in [-0.2, -0.15) is 0 Å². The number of tetrazole rings is 1. The van der Waals surface area contributed by atoms with Gasteiger partial charge in [0.2, 0.25) is 0 Å². The van der Waals surface area contributed by atoms with Gasteiger partial charge in [0.25, 0.3) is 0 Å². The molecule has 146 valence electrons. The van der Waals surface area contributed by atoms with Crippen LogP contribution in [0.2, 0.25) is 5.02 Å². The molecule has 1 aliphatic rings. The molecule has 0 atom stereocenters. The average Bonchev–Trinajstić information content (AvgIpc) is 3.17. The smallest absolute Gasteiger partial charge is 0.340 e. The van der Waals surface area contributed by atoms with E-state index in [1.807, 2.05) is 6.92 Å². The van der Waals surface area contributed by atoms with Crippen LogP contribution in [0.3, 0.4) is 0 Å². The highest BCUT2D eigenvalue weighted by atomic mass is 35.5. The first-order valence-corrected chi connectivity index (χ1v) is 9.33. The minimum atomic E-state index is -0.733. The van der Waals surface area contributed by atoms with Crippen molar-refractivity contribution in [3.8, 4) is 0 Å². The molecule has 0 radical (unpaired) electrons. The summed E-state index contributed by atoms with van der Waals surface area (Å²) in [6.07, 6.45) is 0.820. The molecule has 9 heteroatoms. The number of benzene rings is 2. The molecule has 0 saturated heterocycles. The number of aromatic nitrogens is 4. The summed E-state index contributed by atoms with van der Waals surface area (Å²) in [6, 6.07) is 9.32. The molecule has 0 aliphatic heterocycles. The molecular weight excluding hydrogens is 396 g/mol. The fraction of sp³-hybridized carbons (Fsp3) is 0.200. The first-order valence-electron chi connectivity index (χ1n) is 8.96. The van der Waals surface area contributed by atoms with Crippen molar-refractivity contribution < 1.29 is 19.1 Å². The lowest BCUT2D eigenvalue weighted by atomic mass is 9.83. The van der Waals surface area contributed by atoms with Gasteiger partial charge in [-0.15, -0.1) is 5.10 Å². The quantitative estimate of drug-likeness (QED) is 0.466. The zero-order chi connectivity index (χ0) is 20.5. The number of hydrogen-bond donors (Lipinski definition) is 0. The highest BCUT2D eigenvalue weighted by Gasteiger charge is 2.33. The maximum atomic E-state index is 12.9. The molecule has 29 heavy (non-hydrogen) atoms. The number of carbonyl (C=O) groups excluding carboxylic acids is 3. The fourth-order valence-corrected chi connectivity index (χ4v) is 3.55. The minimum absolute atomic E-state index is 0.000429. The molecule has 8 nitrogen and oxygen atoms in total. The van der Waals surface area contributed by atoms with E-state index < -0.39 is 11.8 Å². The van der Waals surface area contributed by atoms with Gasteiger partial charge in [0.15, 0.2) is 24.0 Å². The van der Waals surface area contributed by atoms with Gasteiger partial charge < -0.3 is 4.74 Å². The lowest BCUT2D eigenvalue weighted by Crippen LogP contribution is -2.22. The lowest BCUT2D eigenvalue weighted by Gasteiger charge is -2.19. The van der Waals surface area contributed by atoms with Gasteiger partial charge in [-0.25, -0.2) is 9.48 Å². The summed E-state index contributed by atoms with van der Waals surface area (Å²) in [6.45, 7) is 2.42. The Morgan fingerprint density at radius 3 is 2.52 bits per heavy atom. The van der Waals surface area contributed by atoms with E-state index in [2.05, 4.69) is 15.5 Å². The Balaban J connectivity index is 1.63. The Hall–Kier alpha value is -3.39. The molecule has 2 aromatic carbocycles.